The maximum atomic E-state index is 12.2. The van der Waals surface area contributed by atoms with Gasteiger partial charge in [0.2, 0.25) is 0 Å². The average Bonchev–Trinajstić information content (AvgIpc) is 2.62. The molecule has 1 saturated heterocycles. The lowest BCUT2D eigenvalue weighted by Crippen LogP contribution is -2.32. The molecule has 1 amide bonds. The lowest BCUT2D eigenvalue weighted by atomic mass is 10.1. The highest BCUT2D eigenvalue weighted by Crippen LogP contribution is 2.23. The van der Waals surface area contributed by atoms with Crippen LogP contribution in [0.2, 0.25) is 0 Å². The Morgan fingerprint density at radius 2 is 2.18 bits per heavy atom. The summed E-state index contributed by atoms with van der Waals surface area (Å²) in [7, 11) is 0. The molecule has 2 atom stereocenters. The van der Waals surface area contributed by atoms with E-state index in [-0.39, 0.29) is 17.7 Å². The van der Waals surface area contributed by atoms with Crippen molar-refractivity contribution in [2.24, 2.45) is 11.7 Å². The third-order valence-corrected chi connectivity index (χ3v) is 3.34. The van der Waals surface area contributed by atoms with Crippen LogP contribution in [0.1, 0.15) is 22.8 Å². The quantitative estimate of drug-likeness (QED) is 0.765. The van der Waals surface area contributed by atoms with Crippen molar-refractivity contribution in [1.29, 1.82) is 0 Å². The van der Waals surface area contributed by atoms with Crippen molar-refractivity contribution >= 4 is 5.91 Å². The highest BCUT2D eigenvalue weighted by Gasteiger charge is 2.31. The van der Waals surface area contributed by atoms with E-state index in [1.807, 2.05) is 13.8 Å². The highest BCUT2D eigenvalue weighted by molar-refractivity contribution is 5.97. The summed E-state index contributed by atoms with van der Waals surface area (Å²) in [6.07, 6.45) is 0. The SMILES string of the molecule is Cc1ccc(O)c(C(=O)N2CC(C)C(N)C2)c1. The van der Waals surface area contributed by atoms with Gasteiger partial charge in [0.15, 0.2) is 0 Å². The molecule has 0 spiro atoms. The number of aryl methyl sites for hydroxylation is 1. The second-order valence-electron chi connectivity index (χ2n) is 4.87. The molecule has 3 N–H and O–H groups in total. The molecule has 1 aromatic carbocycles. The number of nitrogens with zero attached hydrogens (tertiary/aromatic N) is 1. The molecule has 1 heterocycles. The van der Waals surface area contributed by atoms with Crippen molar-refractivity contribution in [3.05, 3.63) is 29.3 Å². The number of phenolic OH excluding ortho intramolecular Hbond substituents is 1. The average molecular weight is 234 g/mol. The van der Waals surface area contributed by atoms with Crippen LogP contribution in [-0.2, 0) is 0 Å². The largest absolute Gasteiger partial charge is 0.507 e. The molecule has 0 aromatic heterocycles. The molecule has 2 unspecified atom stereocenters. The predicted octanol–water partition coefficient (Wildman–Crippen LogP) is 1.12. The maximum absolute atomic E-state index is 12.2. The molecule has 0 aliphatic carbocycles. The number of rotatable bonds is 1. The summed E-state index contributed by atoms with van der Waals surface area (Å²) in [5.41, 5.74) is 7.22. The zero-order valence-corrected chi connectivity index (χ0v) is 10.2. The fourth-order valence-corrected chi connectivity index (χ4v) is 2.15. The first-order valence-corrected chi connectivity index (χ1v) is 5.83. The Morgan fingerprint density at radius 1 is 1.47 bits per heavy atom. The van der Waals surface area contributed by atoms with Crippen LogP contribution in [0, 0.1) is 12.8 Å². The predicted molar refractivity (Wildman–Crippen MR) is 65.9 cm³/mol. The number of carbonyl (C=O) groups is 1. The first kappa shape index (κ1) is 11.9. The number of nitrogens with two attached hydrogens (primary N) is 1. The minimum atomic E-state index is -0.133. The van der Waals surface area contributed by atoms with Gasteiger partial charge >= 0.3 is 0 Å². The van der Waals surface area contributed by atoms with E-state index in [2.05, 4.69) is 0 Å². The van der Waals surface area contributed by atoms with E-state index in [9.17, 15) is 9.90 Å². The summed E-state index contributed by atoms with van der Waals surface area (Å²) in [5.74, 6) is 0.214. The van der Waals surface area contributed by atoms with Crippen molar-refractivity contribution in [2.75, 3.05) is 13.1 Å². The standard InChI is InChI=1S/C13H18N2O2/c1-8-3-4-12(16)10(5-8)13(17)15-6-9(2)11(14)7-15/h3-5,9,11,16H,6-7,14H2,1-2H3. The Bertz CT molecular complexity index is 435. The number of amides is 1. The molecule has 1 aliphatic heterocycles. The summed E-state index contributed by atoms with van der Waals surface area (Å²) in [5, 5.41) is 9.72. The van der Waals surface area contributed by atoms with Crippen LogP contribution >= 0.6 is 0 Å². The van der Waals surface area contributed by atoms with Gasteiger partial charge in [-0.25, -0.2) is 0 Å². The molecule has 4 heteroatoms. The van der Waals surface area contributed by atoms with Crippen molar-refractivity contribution in [3.63, 3.8) is 0 Å². The first-order chi connectivity index (χ1) is 7.99. The van der Waals surface area contributed by atoms with Crippen LogP contribution in [0.4, 0.5) is 0 Å². The van der Waals surface area contributed by atoms with Gasteiger partial charge in [-0.1, -0.05) is 18.6 Å². The zero-order chi connectivity index (χ0) is 12.6. The Balaban J connectivity index is 2.23. The van der Waals surface area contributed by atoms with E-state index < -0.39 is 0 Å². The summed E-state index contributed by atoms with van der Waals surface area (Å²) in [4.78, 5) is 13.9. The zero-order valence-electron chi connectivity index (χ0n) is 10.2. The monoisotopic (exact) mass is 234 g/mol. The molecule has 4 nitrogen and oxygen atoms in total. The molecule has 0 radical (unpaired) electrons. The van der Waals surface area contributed by atoms with Gasteiger partial charge in [0, 0.05) is 19.1 Å². The van der Waals surface area contributed by atoms with Crippen LogP contribution in [0.3, 0.4) is 0 Å². The fraction of sp³-hybridized carbons (Fsp3) is 0.462. The Hall–Kier alpha value is -1.55. The highest BCUT2D eigenvalue weighted by atomic mass is 16.3. The summed E-state index contributed by atoms with van der Waals surface area (Å²) >= 11 is 0. The molecule has 0 bridgehead atoms. The first-order valence-electron chi connectivity index (χ1n) is 5.83. The fourth-order valence-electron chi connectivity index (χ4n) is 2.15. The van der Waals surface area contributed by atoms with Crippen LogP contribution in [-0.4, -0.2) is 35.0 Å². The topological polar surface area (TPSA) is 66.6 Å². The van der Waals surface area contributed by atoms with E-state index in [0.717, 1.165) is 5.56 Å². The third-order valence-electron chi connectivity index (χ3n) is 3.34. The normalized spacial score (nSPS) is 24.1. The van der Waals surface area contributed by atoms with E-state index in [1.54, 1.807) is 23.1 Å². The second-order valence-corrected chi connectivity index (χ2v) is 4.87. The van der Waals surface area contributed by atoms with Crippen LogP contribution in [0.25, 0.3) is 0 Å². The van der Waals surface area contributed by atoms with Gasteiger partial charge < -0.3 is 15.7 Å². The molecular formula is C13H18N2O2. The molecule has 17 heavy (non-hydrogen) atoms. The molecule has 0 saturated carbocycles. The van der Waals surface area contributed by atoms with Crippen molar-refractivity contribution in [2.45, 2.75) is 19.9 Å². The molecule has 1 fully saturated rings. The van der Waals surface area contributed by atoms with Crippen molar-refractivity contribution < 1.29 is 9.90 Å². The molecule has 92 valence electrons. The van der Waals surface area contributed by atoms with Gasteiger partial charge in [0.25, 0.3) is 5.91 Å². The minimum Gasteiger partial charge on any atom is -0.507 e. The Kier molecular flexibility index (Phi) is 3.07. The summed E-state index contributed by atoms with van der Waals surface area (Å²) < 4.78 is 0. The van der Waals surface area contributed by atoms with Crippen molar-refractivity contribution in [1.82, 2.24) is 4.90 Å². The van der Waals surface area contributed by atoms with Gasteiger partial charge in [-0.15, -0.1) is 0 Å². The molecule has 2 rings (SSSR count). The lowest BCUT2D eigenvalue weighted by Gasteiger charge is -2.16. The molecule has 1 aromatic rings. The van der Waals surface area contributed by atoms with Gasteiger partial charge in [-0.3, -0.25) is 4.79 Å². The third kappa shape index (κ3) is 2.26. The van der Waals surface area contributed by atoms with E-state index >= 15 is 0 Å². The number of carbonyl (C=O) groups excluding carboxylic acids is 1. The smallest absolute Gasteiger partial charge is 0.257 e. The van der Waals surface area contributed by atoms with E-state index in [4.69, 9.17) is 5.73 Å². The summed E-state index contributed by atoms with van der Waals surface area (Å²) in [6, 6.07) is 5.09. The minimum absolute atomic E-state index is 0.0332. The van der Waals surface area contributed by atoms with Gasteiger partial charge in [0.05, 0.1) is 5.56 Å². The second kappa shape index (κ2) is 4.37. The molecular weight excluding hydrogens is 216 g/mol. The van der Waals surface area contributed by atoms with Gasteiger partial charge in [-0.05, 0) is 25.0 Å². The van der Waals surface area contributed by atoms with Crippen LogP contribution in [0.15, 0.2) is 18.2 Å². The lowest BCUT2D eigenvalue weighted by molar-refractivity contribution is 0.0783. The van der Waals surface area contributed by atoms with Crippen LogP contribution < -0.4 is 5.73 Å². The van der Waals surface area contributed by atoms with E-state index in [0.29, 0.717) is 24.6 Å². The number of phenols is 1. The number of likely N-dealkylation sites (tertiary alicyclic amines) is 1. The Morgan fingerprint density at radius 3 is 2.76 bits per heavy atom. The number of hydrogen-bond donors (Lipinski definition) is 2. The number of aromatic hydroxyl groups is 1. The van der Waals surface area contributed by atoms with Crippen LogP contribution in [0.5, 0.6) is 5.75 Å². The van der Waals surface area contributed by atoms with Gasteiger partial charge in [0.1, 0.15) is 5.75 Å². The Labute approximate surface area is 101 Å². The molecule has 1 aliphatic rings. The summed E-state index contributed by atoms with van der Waals surface area (Å²) in [6.45, 7) is 5.16. The number of benzene rings is 1. The maximum Gasteiger partial charge on any atom is 0.257 e. The van der Waals surface area contributed by atoms with Gasteiger partial charge in [-0.2, -0.15) is 0 Å². The van der Waals surface area contributed by atoms with E-state index in [1.165, 1.54) is 0 Å². The van der Waals surface area contributed by atoms with Crippen molar-refractivity contribution in [3.8, 4) is 5.75 Å². The number of hydrogen-bond acceptors (Lipinski definition) is 3.